The quantitative estimate of drug-likeness (QED) is 0.800. The van der Waals surface area contributed by atoms with Crippen molar-refractivity contribution in [1.29, 1.82) is 0 Å². The van der Waals surface area contributed by atoms with E-state index in [1.54, 1.807) is 12.1 Å². The van der Waals surface area contributed by atoms with Crippen LogP contribution < -0.4 is 10.5 Å². The van der Waals surface area contributed by atoms with Gasteiger partial charge in [0.1, 0.15) is 10.7 Å². The summed E-state index contributed by atoms with van der Waals surface area (Å²) in [7, 11) is -3.91. The summed E-state index contributed by atoms with van der Waals surface area (Å²) in [6.07, 6.45) is 0. The number of anilines is 2. The van der Waals surface area contributed by atoms with Crippen LogP contribution in [0.25, 0.3) is 0 Å². The van der Waals surface area contributed by atoms with Gasteiger partial charge in [-0.25, -0.2) is 12.8 Å². The molecule has 0 saturated carbocycles. The van der Waals surface area contributed by atoms with E-state index in [4.69, 9.17) is 17.3 Å². The average Bonchev–Trinajstić information content (AvgIpc) is 2.34. The number of hydrogen-bond donors (Lipinski definition) is 2. The minimum absolute atomic E-state index is 0.0521. The molecule has 2 aromatic rings. The van der Waals surface area contributed by atoms with Crippen LogP contribution in [0.2, 0.25) is 5.02 Å². The van der Waals surface area contributed by atoms with E-state index in [0.717, 1.165) is 12.1 Å². The molecule has 20 heavy (non-hydrogen) atoms. The molecule has 3 N–H and O–H groups in total. The summed E-state index contributed by atoms with van der Waals surface area (Å²) in [5, 5.41) is -0.0602. The van der Waals surface area contributed by atoms with Gasteiger partial charge in [0, 0.05) is 4.47 Å². The second-order valence-corrected chi connectivity index (χ2v) is 6.80. The number of nitrogen functional groups attached to an aromatic ring is 1. The van der Waals surface area contributed by atoms with Gasteiger partial charge >= 0.3 is 0 Å². The van der Waals surface area contributed by atoms with Crippen LogP contribution in [-0.2, 0) is 10.0 Å². The zero-order valence-corrected chi connectivity index (χ0v) is 13.1. The summed E-state index contributed by atoms with van der Waals surface area (Å²) < 4.78 is 40.1. The zero-order chi connectivity index (χ0) is 14.9. The first-order chi connectivity index (χ1) is 9.31. The summed E-state index contributed by atoms with van der Waals surface area (Å²) >= 11 is 8.90. The Kier molecular flexibility index (Phi) is 4.22. The fourth-order valence-corrected chi connectivity index (χ4v) is 3.88. The molecule has 0 atom stereocenters. The highest BCUT2D eigenvalue weighted by atomic mass is 79.9. The molecule has 0 aromatic heterocycles. The first-order valence-corrected chi connectivity index (χ1v) is 7.98. The Hall–Kier alpha value is -1.31. The standard InChI is InChI=1S/C12H9BrClFN2O2S/c13-8-5-7(15)6-9(14)12(8)17-20(18,19)11-4-2-1-3-10(11)16/h1-6,17H,16H2. The number of nitrogens with two attached hydrogens (primary N) is 1. The third kappa shape index (κ3) is 3.05. The molecular formula is C12H9BrClFN2O2S. The van der Waals surface area contributed by atoms with Gasteiger partial charge in [0.05, 0.1) is 16.4 Å². The van der Waals surface area contributed by atoms with Gasteiger partial charge in [-0.05, 0) is 40.2 Å². The molecule has 8 heteroatoms. The van der Waals surface area contributed by atoms with Crippen molar-refractivity contribution in [3.63, 3.8) is 0 Å². The largest absolute Gasteiger partial charge is 0.398 e. The van der Waals surface area contributed by atoms with Crippen LogP contribution in [0.4, 0.5) is 15.8 Å². The molecule has 0 fully saturated rings. The Bertz CT molecular complexity index is 745. The molecule has 2 aromatic carbocycles. The summed E-state index contributed by atoms with van der Waals surface area (Å²) in [6.45, 7) is 0. The number of halogens is 3. The van der Waals surface area contributed by atoms with Crippen molar-refractivity contribution in [2.45, 2.75) is 4.90 Å². The Morgan fingerprint density at radius 2 is 1.90 bits per heavy atom. The summed E-state index contributed by atoms with van der Waals surface area (Å²) in [4.78, 5) is -0.0766. The van der Waals surface area contributed by atoms with E-state index in [-0.39, 0.29) is 25.8 Å². The predicted molar refractivity (Wildman–Crippen MR) is 80.8 cm³/mol. The fraction of sp³-hybridized carbons (Fsp3) is 0. The molecule has 0 spiro atoms. The van der Waals surface area contributed by atoms with Crippen molar-refractivity contribution < 1.29 is 12.8 Å². The van der Waals surface area contributed by atoms with Crippen molar-refractivity contribution in [3.05, 3.63) is 51.7 Å². The van der Waals surface area contributed by atoms with Gasteiger partial charge in [-0.15, -0.1) is 0 Å². The van der Waals surface area contributed by atoms with Gasteiger partial charge in [-0.1, -0.05) is 23.7 Å². The van der Waals surface area contributed by atoms with E-state index in [0.29, 0.717) is 0 Å². The van der Waals surface area contributed by atoms with Gasteiger partial charge in [0.25, 0.3) is 10.0 Å². The lowest BCUT2D eigenvalue weighted by Crippen LogP contribution is -2.15. The molecule has 0 amide bonds. The highest BCUT2D eigenvalue weighted by Gasteiger charge is 2.20. The van der Waals surface area contributed by atoms with Gasteiger partial charge in [0.2, 0.25) is 0 Å². The Morgan fingerprint density at radius 1 is 1.25 bits per heavy atom. The van der Waals surface area contributed by atoms with E-state index < -0.39 is 15.8 Å². The summed E-state index contributed by atoms with van der Waals surface area (Å²) in [6, 6.07) is 8.12. The molecule has 0 bridgehead atoms. The van der Waals surface area contributed by atoms with Crippen molar-refractivity contribution in [3.8, 4) is 0 Å². The number of rotatable bonds is 3. The van der Waals surface area contributed by atoms with Crippen LogP contribution in [0, 0.1) is 5.82 Å². The van der Waals surface area contributed by atoms with Gasteiger partial charge in [0.15, 0.2) is 0 Å². The third-order valence-corrected chi connectivity index (χ3v) is 4.80. The maximum Gasteiger partial charge on any atom is 0.264 e. The highest BCUT2D eigenvalue weighted by Crippen LogP contribution is 2.34. The fourth-order valence-electron chi connectivity index (χ4n) is 1.55. The Balaban J connectivity index is 2.47. The van der Waals surface area contributed by atoms with E-state index in [1.165, 1.54) is 12.1 Å². The number of benzene rings is 2. The molecule has 0 radical (unpaired) electrons. The SMILES string of the molecule is Nc1ccccc1S(=O)(=O)Nc1c(Cl)cc(F)cc1Br. The predicted octanol–water partition coefficient (Wildman–Crippen LogP) is 3.62. The van der Waals surface area contributed by atoms with Crippen LogP contribution in [0.3, 0.4) is 0 Å². The molecule has 0 aliphatic rings. The minimum Gasteiger partial charge on any atom is -0.398 e. The van der Waals surface area contributed by atoms with E-state index in [2.05, 4.69) is 20.7 Å². The van der Waals surface area contributed by atoms with Crippen LogP contribution in [-0.4, -0.2) is 8.42 Å². The van der Waals surface area contributed by atoms with E-state index in [1.807, 2.05) is 0 Å². The lowest BCUT2D eigenvalue weighted by molar-refractivity contribution is 0.601. The monoisotopic (exact) mass is 378 g/mol. The summed E-state index contributed by atoms with van der Waals surface area (Å²) in [5.74, 6) is -0.580. The molecule has 0 unspecified atom stereocenters. The molecule has 0 saturated heterocycles. The third-order valence-electron chi connectivity index (χ3n) is 2.45. The van der Waals surface area contributed by atoms with Gasteiger partial charge in [-0.2, -0.15) is 0 Å². The molecule has 0 aliphatic heterocycles. The van der Waals surface area contributed by atoms with Crippen LogP contribution in [0.5, 0.6) is 0 Å². The number of hydrogen-bond acceptors (Lipinski definition) is 3. The second kappa shape index (κ2) is 5.59. The Morgan fingerprint density at radius 3 is 2.50 bits per heavy atom. The molecule has 106 valence electrons. The normalized spacial score (nSPS) is 11.3. The highest BCUT2D eigenvalue weighted by molar-refractivity contribution is 9.10. The number of para-hydroxylation sites is 1. The second-order valence-electron chi connectivity index (χ2n) is 3.89. The van der Waals surface area contributed by atoms with E-state index in [9.17, 15) is 12.8 Å². The average molecular weight is 380 g/mol. The smallest absolute Gasteiger partial charge is 0.264 e. The Labute approximate surface area is 128 Å². The molecular weight excluding hydrogens is 371 g/mol. The van der Waals surface area contributed by atoms with Crippen LogP contribution in [0.15, 0.2) is 45.8 Å². The van der Waals surface area contributed by atoms with Crippen molar-refractivity contribution in [2.24, 2.45) is 0 Å². The number of sulfonamides is 1. The van der Waals surface area contributed by atoms with E-state index >= 15 is 0 Å². The molecule has 2 rings (SSSR count). The number of nitrogens with one attached hydrogen (secondary N) is 1. The lowest BCUT2D eigenvalue weighted by atomic mass is 10.3. The molecule has 0 aliphatic carbocycles. The minimum atomic E-state index is -3.91. The van der Waals surface area contributed by atoms with Crippen molar-refractivity contribution in [2.75, 3.05) is 10.5 Å². The first-order valence-electron chi connectivity index (χ1n) is 5.33. The first kappa shape index (κ1) is 15.1. The molecule has 4 nitrogen and oxygen atoms in total. The topological polar surface area (TPSA) is 72.2 Å². The lowest BCUT2D eigenvalue weighted by Gasteiger charge is -2.12. The van der Waals surface area contributed by atoms with Crippen LogP contribution >= 0.6 is 27.5 Å². The van der Waals surface area contributed by atoms with Crippen molar-refractivity contribution >= 4 is 48.9 Å². The van der Waals surface area contributed by atoms with Gasteiger partial charge < -0.3 is 5.73 Å². The summed E-state index contributed by atoms with van der Waals surface area (Å²) in [5.41, 5.74) is 5.79. The molecule has 0 heterocycles. The zero-order valence-electron chi connectivity index (χ0n) is 9.90. The van der Waals surface area contributed by atoms with Crippen LogP contribution in [0.1, 0.15) is 0 Å². The van der Waals surface area contributed by atoms with Gasteiger partial charge in [-0.3, -0.25) is 4.72 Å². The maximum atomic E-state index is 13.1. The maximum absolute atomic E-state index is 13.1. The van der Waals surface area contributed by atoms with Crippen molar-refractivity contribution in [1.82, 2.24) is 0 Å².